The van der Waals surface area contributed by atoms with E-state index in [4.69, 9.17) is 0 Å². The van der Waals surface area contributed by atoms with E-state index in [2.05, 4.69) is 30.4 Å². The molecule has 11 heavy (non-hydrogen) atoms. The van der Waals surface area contributed by atoms with Crippen LogP contribution in [0.4, 0.5) is 0 Å². The van der Waals surface area contributed by atoms with E-state index in [9.17, 15) is 4.79 Å². The summed E-state index contributed by atoms with van der Waals surface area (Å²) in [5, 5.41) is 17.7. The fraction of sp³-hybridized carbons (Fsp3) is 0. The predicted molar refractivity (Wildman–Crippen MR) is 26.4 cm³/mol. The summed E-state index contributed by atoms with van der Waals surface area (Å²) in [6, 6.07) is 0. The lowest BCUT2D eigenvalue weighted by atomic mass is 11.1. The third kappa shape index (κ3) is 0.870. The Morgan fingerprint density at radius 2 is 2.45 bits per heavy atom. The van der Waals surface area contributed by atoms with Gasteiger partial charge in [-0.1, -0.05) is 5.16 Å². The summed E-state index contributed by atoms with van der Waals surface area (Å²) in [7, 11) is 0. The van der Waals surface area contributed by atoms with Gasteiger partial charge in [0.05, 0.1) is 4.85 Å². The van der Waals surface area contributed by atoms with Gasteiger partial charge in [0.1, 0.15) is 0 Å². The zero-order valence-electron chi connectivity index (χ0n) is 5.05. The summed E-state index contributed by atoms with van der Waals surface area (Å²) in [5.41, 5.74) is -0.616. The van der Waals surface area contributed by atoms with Crippen molar-refractivity contribution < 1.29 is 9.48 Å². The molecule has 2 heterocycles. The molecule has 0 spiro atoms. The van der Waals surface area contributed by atoms with Crippen LogP contribution in [0.2, 0.25) is 0 Å². The zero-order chi connectivity index (χ0) is 7.68. The molecule has 0 radical (unpaired) electrons. The van der Waals surface area contributed by atoms with Gasteiger partial charge in [0.15, 0.2) is 0 Å². The van der Waals surface area contributed by atoms with E-state index in [1.165, 1.54) is 0 Å². The molecular formula is C2H2N7O2+. The molecule has 0 amide bonds. The minimum atomic E-state index is -0.616. The molecule has 0 saturated carbocycles. The van der Waals surface area contributed by atoms with Crippen molar-refractivity contribution in [2.45, 2.75) is 0 Å². The SMILES string of the molecule is O=c1n[n+](-c2nn[nH]n2)o[nH]1. The van der Waals surface area contributed by atoms with Crippen molar-refractivity contribution in [1.82, 2.24) is 30.9 Å². The van der Waals surface area contributed by atoms with Gasteiger partial charge in [0.2, 0.25) is 0 Å². The van der Waals surface area contributed by atoms with Crippen molar-refractivity contribution in [3.8, 4) is 5.95 Å². The lowest BCUT2D eigenvalue weighted by Gasteiger charge is -1.70. The summed E-state index contributed by atoms with van der Waals surface area (Å²) < 4.78 is 4.49. The summed E-state index contributed by atoms with van der Waals surface area (Å²) in [5.74, 6) is 0.0587. The van der Waals surface area contributed by atoms with Crippen LogP contribution in [0.15, 0.2) is 9.42 Å². The van der Waals surface area contributed by atoms with Gasteiger partial charge in [0.25, 0.3) is 0 Å². The Hall–Kier alpha value is -2.06. The number of rotatable bonds is 1. The molecule has 0 aliphatic rings. The Kier molecular flexibility index (Phi) is 1.02. The number of aromatic amines is 2. The third-order valence-electron chi connectivity index (χ3n) is 0.906. The number of aromatic nitrogens is 7. The summed E-state index contributed by atoms with van der Waals surface area (Å²) in [6.07, 6.45) is 0. The summed E-state index contributed by atoms with van der Waals surface area (Å²) in [4.78, 5) is 11.2. The van der Waals surface area contributed by atoms with Gasteiger partial charge in [-0.15, -0.1) is 5.21 Å². The van der Waals surface area contributed by atoms with Crippen LogP contribution < -0.4 is 10.5 Å². The van der Waals surface area contributed by atoms with E-state index >= 15 is 0 Å². The minimum Gasteiger partial charge on any atom is -0.226 e. The van der Waals surface area contributed by atoms with Gasteiger partial charge in [-0.05, 0) is 5.10 Å². The molecule has 2 rings (SSSR count). The van der Waals surface area contributed by atoms with Crippen LogP contribution in [-0.2, 0) is 0 Å². The normalized spacial score (nSPS) is 10.2. The molecule has 0 atom stereocenters. The van der Waals surface area contributed by atoms with Gasteiger partial charge in [-0.3, -0.25) is 0 Å². The van der Waals surface area contributed by atoms with Gasteiger partial charge >= 0.3 is 11.6 Å². The van der Waals surface area contributed by atoms with Crippen LogP contribution in [-0.4, -0.2) is 30.9 Å². The second kappa shape index (κ2) is 1.97. The monoisotopic (exact) mass is 156 g/mol. The maximum absolute atomic E-state index is 10.4. The molecule has 0 unspecified atom stereocenters. The van der Waals surface area contributed by atoms with Crippen LogP contribution in [0.5, 0.6) is 0 Å². The highest BCUT2D eigenvalue weighted by atomic mass is 16.6. The largest absolute Gasteiger partial charge is 0.486 e. The highest BCUT2D eigenvalue weighted by Crippen LogP contribution is 1.73. The fourth-order valence-electron chi connectivity index (χ4n) is 0.529. The number of tetrazole rings is 1. The van der Waals surface area contributed by atoms with E-state index in [1.807, 2.05) is 5.16 Å². The maximum Gasteiger partial charge on any atom is 0.486 e. The van der Waals surface area contributed by atoms with Crippen LogP contribution in [0.1, 0.15) is 0 Å². The minimum absolute atomic E-state index is 0.0587. The second-order valence-corrected chi connectivity index (χ2v) is 1.58. The molecule has 9 nitrogen and oxygen atoms in total. The van der Waals surface area contributed by atoms with Gasteiger partial charge in [-0.25, -0.2) is 4.79 Å². The number of hydrogen-bond acceptors (Lipinski definition) is 6. The van der Waals surface area contributed by atoms with Crippen LogP contribution in [0, 0.1) is 0 Å². The first kappa shape index (κ1) is 5.70. The van der Waals surface area contributed by atoms with Gasteiger partial charge in [-0.2, -0.15) is 4.63 Å². The topological polar surface area (TPSA) is 117 Å². The van der Waals surface area contributed by atoms with Crippen LogP contribution in [0.3, 0.4) is 0 Å². The Balaban J connectivity index is 2.53. The Morgan fingerprint density at radius 1 is 1.55 bits per heavy atom. The molecular weight excluding hydrogens is 154 g/mol. The van der Waals surface area contributed by atoms with Crippen molar-refractivity contribution in [1.29, 1.82) is 0 Å². The van der Waals surface area contributed by atoms with E-state index in [0.29, 0.717) is 0 Å². The standard InChI is InChI=1S/C2HN7O2/c10-2-5-9(11-6-2)1-3-7-8-4-1/h(H-,3,4,5,6,7,8,10)/p+1. The van der Waals surface area contributed by atoms with Crippen LogP contribution >= 0.6 is 0 Å². The molecule has 0 fully saturated rings. The van der Waals surface area contributed by atoms with E-state index in [1.54, 1.807) is 0 Å². The number of nitrogens with one attached hydrogen (secondary N) is 2. The number of hydrogen-bond donors (Lipinski definition) is 2. The maximum atomic E-state index is 10.4. The molecule has 0 aliphatic carbocycles. The highest BCUT2D eigenvalue weighted by Gasteiger charge is 2.15. The lowest BCUT2D eigenvalue weighted by Crippen LogP contribution is -2.35. The van der Waals surface area contributed by atoms with Crippen LogP contribution in [0.25, 0.3) is 5.95 Å². The lowest BCUT2D eigenvalue weighted by molar-refractivity contribution is -0.846. The molecule has 2 N–H and O–H groups in total. The Bertz CT molecular complexity index is 382. The Labute approximate surface area is 58.0 Å². The molecule has 0 bridgehead atoms. The van der Waals surface area contributed by atoms with Crippen molar-refractivity contribution >= 4 is 0 Å². The highest BCUT2D eigenvalue weighted by molar-refractivity contribution is 4.76. The first-order valence-electron chi connectivity index (χ1n) is 2.58. The molecule has 0 aliphatic heterocycles. The Morgan fingerprint density at radius 3 is 3.00 bits per heavy atom. The van der Waals surface area contributed by atoms with Crippen molar-refractivity contribution in [3.05, 3.63) is 10.5 Å². The van der Waals surface area contributed by atoms with Gasteiger partial charge in [0, 0.05) is 15.4 Å². The molecule has 2 aromatic heterocycles. The third-order valence-corrected chi connectivity index (χ3v) is 0.906. The fourth-order valence-corrected chi connectivity index (χ4v) is 0.529. The average molecular weight is 156 g/mol. The zero-order valence-corrected chi connectivity index (χ0v) is 5.05. The smallest absolute Gasteiger partial charge is 0.226 e. The number of nitrogens with zero attached hydrogens (tertiary/aromatic N) is 5. The first-order valence-corrected chi connectivity index (χ1v) is 2.58. The molecule has 0 aromatic carbocycles. The van der Waals surface area contributed by atoms with Crippen molar-refractivity contribution in [2.75, 3.05) is 0 Å². The van der Waals surface area contributed by atoms with Crippen molar-refractivity contribution in [3.63, 3.8) is 0 Å². The van der Waals surface area contributed by atoms with E-state index in [-0.39, 0.29) is 5.95 Å². The van der Waals surface area contributed by atoms with E-state index < -0.39 is 5.69 Å². The average Bonchev–Trinajstić information content (AvgIpc) is 2.55. The number of H-pyrrole nitrogens is 2. The molecule has 0 saturated heterocycles. The second-order valence-electron chi connectivity index (χ2n) is 1.58. The molecule has 2 aromatic rings. The van der Waals surface area contributed by atoms with Crippen molar-refractivity contribution in [2.24, 2.45) is 0 Å². The molecule has 56 valence electrons. The predicted octanol–water partition coefficient (Wildman–Crippen LogP) is -2.85. The first-order chi connectivity index (χ1) is 5.36. The summed E-state index contributed by atoms with van der Waals surface area (Å²) in [6.45, 7) is 0. The van der Waals surface area contributed by atoms with Gasteiger partial charge < -0.3 is 0 Å². The quantitative estimate of drug-likeness (QED) is 0.429. The summed E-state index contributed by atoms with van der Waals surface area (Å²) >= 11 is 0. The molecule has 9 heteroatoms. The van der Waals surface area contributed by atoms with E-state index in [0.717, 1.165) is 4.85 Å².